The Morgan fingerprint density at radius 1 is 1.53 bits per heavy atom. The Kier molecular flexibility index (Phi) is 3.46. The van der Waals surface area contributed by atoms with E-state index in [1.165, 1.54) is 25.1 Å². The summed E-state index contributed by atoms with van der Waals surface area (Å²) in [5.41, 5.74) is 0.126. The molecule has 19 heavy (non-hydrogen) atoms. The van der Waals surface area contributed by atoms with E-state index in [0.717, 1.165) is 0 Å². The number of carbonyl (C=O) groups is 2. The monoisotopic (exact) mass is 265 g/mol. The third kappa shape index (κ3) is 2.54. The molecule has 2 rings (SSSR count). The second kappa shape index (κ2) is 5.05. The van der Waals surface area contributed by atoms with E-state index < -0.39 is 23.0 Å². The first-order valence-corrected chi connectivity index (χ1v) is 5.62. The first kappa shape index (κ1) is 13.0. The van der Waals surface area contributed by atoms with Gasteiger partial charge in [0.05, 0.1) is 17.1 Å². The van der Waals surface area contributed by atoms with Crippen molar-refractivity contribution in [2.45, 2.75) is 19.4 Å². The van der Waals surface area contributed by atoms with Crippen LogP contribution in [-0.2, 0) is 14.3 Å². The van der Waals surface area contributed by atoms with Gasteiger partial charge in [-0.25, -0.2) is 9.59 Å². The number of hydrogen-bond donors (Lipinski definition) is 0. The molecule has 100 valence electrons. The number of hydrogen-bond acceptors (Lipinski definition) is 6. The minimum atomic E-state index is -0.925. The second-order valence-electron chi connectivity index (χ2n) is 4.06. The molecule has 1 aromatic carbocycles. The van der Waals surface area contributed by atoms with Crippen molar-refractivity contribution >= 4 is 17.6 Å². The number of benzene rings is 1. The Morgan fingerprint density at radius 2 is 2.26 bits per heavy atom. The number of nitro groups is 1. The van der Waals surface area contributed by atoms with E-state index in [1.807, 2.05) is 0 Å². The van der Waals surface area contributed by atoms with E-state index in [4.69, 9.17) is 4.74 Å². The number of ether oxygens (including phenoxy) is 2. The van der Waals surface area contributed by atoms with E-state index in [2.05, 4.69) is 4.74 Å². The van der Waals surface area contributed by atoms with Gasteiger partial charge in [0.25, 0.3) is 5.69 Å². The van der Waals surface area contributed by atoms with Crippen molar-refractivity contribution in [3.05, 3.63) is 39.4 Å². The summed E-state index contributed by atoms with van der Waals surface area (Å²) in [6, 6.07) is 4.12. The second-order valence-corrected chi connectivity index (χ2v) is 4.06. The van der Waals surface area contributed by atoms with E-state index >= 15 is 0 Å². The molecule has 0 spiro atoms. The molecule has 0 saturated carbocycles. The third-order valence-corrected chi connectivity index (χ3v) is 2.86. The maximum absolute atomic E-state index is 11.9. The SMILES string of the molecule is Cc1c(C(=O)OC2CCOC2=O)cccc1[N+](=O)[O-]. The quantitative estimate of drug-likeness (QED) is 0.465. The molecule has 1 fully saturated rings. The lowest BCUT2D eigenvalue weighted by molar-refractivity contribution is -0.385. The van der Waals surface area contributed by atoms with Crippen LogP contribution in [0.15, 0.2) is 18.2 Å². The lowest BCUT2D eigenvalue weighted by Gasteiger charge is -2.09. The molecule has 1 aliphatic heterocycles. The van der Waals surface area contributed by atoms with Crippen molar-refractivity contribution in [2.75, 3.05) is 6.61 Å². The zero-order chi connectivity index (χ0) is 14.0. The summed E-state index contributed by atoms with van der Waals surface area (Å²) in [5, 5.41) is 10.8. The average molecular weight is 265 g/mol. The predicted molar refractivity (Wildman–Crippen MR) is 62.6 cm³/mol. The summed E-state index contributed by atoms with van der Waals surface area (Å²) in [6.07, 6.45) is -0.621. The van der Waals surface area contributed by atoms with Crippen LogP contribution in [0.4, 0.5) is 5.69 Å². The van der Waals surface area contributed by atoms with Crippen LogP contribution in [0.3, 0.4) is 0 Å². The van der Waals surface area contributed by atoms with Crippen molar-refractivity contribution in [2.24, 2.45) is 0 Å². The molecule has 7 heteroatoms. The number of nitro benzene ring substituents is 1. The number of cyclic esters (lactones) is 1. The Hall–Kier alpha value is -2.44. The minimum absolute atomic E-state index is 0.0777. The largest absolute Gasteiger partial charge is 0.463 e. The molecule has 1 heterocycles. The first-order valence-electron chi connectivity index (χ1n) is 5.62. The van der Waals surface area contributed by atoms with Gasteiger partial charge in [-0.05, 0) is 13.0 Å². The zero-order valence-corrected chi connectivity index (χ0v) is 10.1. The highest BCUT2D eigenvalue weighted by molar-refractivity contribution is 5.94. The predicted octanol–water partition coefficient (Wildman–Crippen LogP) is 1.38. The molecule has 0 aromatic heterocycles. The highest BCUT2D eigenvalue weighted by atomic mass is 16.6. The number of rotatable bonds is 3. The van der Waals surface area contributed by atoms with Gasteiger partial charge in [0.15, 0.2) is 0 Å². The van der Waals surface area contributed by atoms with Gasteiger partial charge >= 0.3 is 11.9 Å². The number of carbonyl (C=O) groups excluding carboxylic acids is 2. The Bertz CT molecular complexity index is 553. The molecule has 0 N–H and O–H groups in total. The first-order chi connectivity index (χ1) is 9.00. The van der Waals surface area contributed by atoms with Gasteiger partial charge < -0.3 is 9.47 Å². The molecule has 0 bridgehead atoms. The van der Waals surface area contributed by atoms with E-state index in [-0.39, 0.29) is 23.4 Å². The lowest BCUT2D eigenvalue weighted by Crippen LogP contribution is -2.23. The molecule has 1 unspecified atom stereocenters. The fourth-order valence-electron chi connectivity index (χ4n) is 1.82. The molecule has 1 aliphatic rings. The highest BCUT2D eigenvalue weighted by Crippen LogP contribution is 2.23. The average Bonchev–Trinajstić information content (AvgIpc) is 2.74. The highest BCUT2D eigenvalue weighted by Gasteiger charge is 2.31. The topological polar surface area (TPSA) is 95.7 Å². The van der Waals surface area contributed by atoms with Gasteiger partial charge in [-0.15, -0.1) is 0 Å². The smallest absolute Gasteiger partial charge is 0.347 e. The van der Waals surface area contributed by atoms with Crippen LogP contribution >= 0.6 is 0 Å². The zero-order valence-electron chi connectivity index (χ0n) is 10.1. The molecular weight excluding hydrogens is 254 g/mol. The Balaban J connectivity index is 2.22. The molecule has 0 amide bonds. The number of esters is 2. The van der Waals surface area contributed by atoms with Crippen LogP contribution < -0.4 is 0 Å². The molecule has 1 saturated heterocycles. The molecule has 1 atom stereocenters. The number of nitrogens with zero attached hydrogens (tertiary/aromatic N) is 1. The van der Waals surface area contributed by atoms with Gasteiger partial charge in [0.2, 0.25) is 6.10 Å². The molecule has 0 aliphatic carbocycles. The van der Waals surface area contributed by atoms with E-state index in [9.17, 15) is 19.7 Å². The van der Waals surface area contributed by atoms with E-state index in [1.54, 1.807) is 0 Å². The van der Waals surface area contributed by atoms with Crippen LogP contribution in [0.1, 0.15) is 22.3 Å². The molecule has 1 aromatic rings. The summed E-state index contributed by atoms with van der Waals surface area (Å²) >= 11 is 0. The summed E-state index contributed by atoms with van der Waals surface area (Å²) in [6.45, 7) is 1.67. The lowest BCUT2D eigenvalue weighted by atomic mass is 10.1. The Labute approximate surface area is 108 Å². The fraction of sp³-hybridized carbons (Fsp3) is 0.333. The summed E-state index contributed by atoms with van der Waals surface area (Å²) in [7, 11) is 0. The van der Waals surface area contributed by atoms with E-state index in [0.29, 0.717) is 6.42 Å². The Morgan fingerprint density at radius 3 is 2.84 bits per heavy atom. The maximum Gasteiger partial charge on any atom is 0.347 e. The summed E-state index contributed by atoms with van der Waals surface area (Å²) in [4.78, 5) is 33.3. The van der Waals surface area contributed by atoms with Gasteiger partial charge in [-0.3, -0.25) is 10.1 Å². The van der Waals surface area contributed by atoms with Crippen molar-refractivity contribution in [1.82, 2.24) is 0 Å². The summed E-state index contributed by atoms with van der Waals surface area (Å²) in [5.74, 6) is -1.35. The van der Waals surface area contributed by atoms with Crippen LogP contribution in [0, 0.1) is 17.0 Å². The van der Waals surface area contributed by atoms with Crippen LogP contribution in [0.25, 0.3) is 0 Å². The molecule has 0 radical (unpaired) electrons. The molecule has 7 nitrogen and oxygen atoms in total. The fourth-order valence-corrected chi connectivity index (χ4v) is 1.82. The standard InChI is InChI=1S/C12H11NO6/c1-7-8(3-2-4-9(7)13(16)17)11(14)19-10-5-6-18-12(10)15/h2-4,10H,5-6H2,1H3. The van der Waals surface area contributed by atoms with Gasteiger partial charge in [0.1, 0.15) is 0 Å². The van der Waals surface area contributed by atoms with Crippen LogP contribution in [0.5, 0.6) is 0 Å². The van der Waals surface area contributed by atoms with Gasteiger partial charge in [-0.2, -0.15) is 0 Å². The van der Waals surface area contributed by atoms with Gasteiger partial charge in [-0.1, -0.05) is 6.07 Å². The van der Waals surface area contributed by atoms with Crippen LogP contribution in [-0.4, -0.2) is 29.6 Å². The minimum Gasteiger partial charge on any atom is -0.463 e. The van der Waals surface area contributed by atoms with Crippen molar-refractivity contribution in [1.29, 1.82) is 0 Å². The van der Waals surface area contributed by atoms with Crippen LogP contribution in [0.2, 0.25) is 0 Å². The molecular formula is C12H11NO6. The maximum atomic E-state index is 11.9. The van der Waals surface area contributed by atoms with Crippen molar-refractivity contribution < 1.29 is 24.0 Å². The van der Waals surface area contributed by atoms with Crippen molar-refractivity contribution in [3.8, 4) is 0 Å². The van der Waals surface area contributed by atoms with Crippen molar-refractivity contribution in [3.63, 3.8) is 0 Å². The third-order valence-electron chi connectivity index (χ3n) is 2.86. The summed E-state index contributed by atoms with van der Waals surface area (Å²) < 4.78 is 9.66. The normalized spacial score (nSPS) is 17.9. The van der Waals surface area contributed by atoms with Gasteiger partial charge in [0, 0.05) is 18.1 Å².